The Labute approximate surface area is 298 Å². The minimum atomic E-state index is -0.130. The summed E-state index contributed by atoms with van der Waals surface area (Å²) >= 11 is 0. The van der Waals surface area contributed by atoms with E-state index in [-0.39, 0.29) is 25.2 Å². The lowest BCUT2D eigenvalue weighted by atomic mass is 9.99. The maximum absolute atomic E-state index is 6.12. The average Bonchev–Trinajstić information content (AvgIpc) is 3.17. The molecule has 4 fully saturated rings. The molecule has 1 aromatic rings. The fraction of sp³-hybridized carbons (Fsp3) is 0.842. The molecule has 0 spiro atoms. The topological polar surface area (TPSA) is 111 Å². The number of hydrogen-bond acceptors (Lipinski definition) is 12. The van der Waals surface area contributed by atoms with Gasteiger partial charge in [-0.3, -0.25) is 0 Å². The largest absolute Gasteiger partial charge is 0.374 e. The van der Waals surface area contributed by atoms with E-state index in [1.165, 1.54) is 0 Å². The van der Waals surface area contributed by atoms with Gasteiger partial charge in [-0.2, -0.15) is 0 Å². The van der Waals surface area contributed by atoms with Crippen molar-refractivity contribution in [3.05, 3.63) is 34.4 Å². The first-order chi connectivity index (χ1) is 24.8. The van der Waals surface area contributed by atoms with Crippen LogP contribution in [0.15, 0.2) is 12.1 Å². The fourth-order valence-corrected chi connectivity index (χ4v) is 6.38. The van der Waals surface area contributed by atoms with Gasteiger partial charge in [-0.25, -0.2) is 0 Å². The standard InChI is InChI=1S/C38H62O12/c1-5-13-43-35(9-1)47-21-17-39-27-31-25-33(29-41-19-23-49-37-11-3-7-15-45-37)34(30-42-20-24-50-38-12-4-8-16-46-38)26-32(31)28-40-18-22-48-36-10-2-6-14-44-36/h25-26,35-38H,1-24,27-30H2. The van der Waals surface area contributed by atoms with Crippen molar-refractivity contribution in [1.29, 1.82) is 0 Å². The molecule has 4 aliphatic rings. The van der Waals surface area contributed by atoms with Crippen LogP contribution >= 0.6 is 0 Å². The number of rotatable bonds is 24. The summed E-state index contributed by atoms with van der Waals surface area (Å²) in [7, 11) is 0. The predicted molar refractivity (Wildman–Crippen MR) is 183 cm³/mol. The highest BCUT2D eigenvalue weighted by molar-refractivity contribution is 5.38. The molecule has 12 nitrogen and oxygen atoms in total. The van der Waals surface area contributed by atoms with Gasteiger partial charge in [0.1, 0.15) is 0 Å². The van der Waals surface area contributed by atoms with E-state index in [0.717, 1.165) is 126 Å². The third-order valence-electron chi connectivity index (χ3n) is 9.23. The van der Waals surface area contributed by atoms with E-state index >= 15 is 0 Å². The molecule has 12 heteroatoms. The van der Waals surface area contributed by atoms with E-state index in [9.17, 15) is 0 Å². The fourth-order valence-electron chi connectivity index (χ4n) is 6.38. The highest BCUT2D eigenvalue weighted by atomic mass is 16.7. The van der Waals surface area contributed by atoms with Gasteiger partial charge in [0.2, 0.25) is 0 Å². The third kappa shape index (κ3) is 15.8. The monoisotopic (exact) mass is 710 g/mol. The smallest absolute Gasteiger partial charge is 0.157 e. The quantitative estimate of drug-likeness (QED) is 0.119. The van der Waals surface area contributed by atoms with E-state index in [1.807, 2.05) is 0 Å². The van der Waals surface area contributed by atoms with Gasteiger partial charge in [-0.05, 0) is 99.3 Å². The Hall–Kier alpha value is -1.26. The van der Waals surface area contributed by atoms with E-state index < -0.39 is 0 Å². The lowest BCUT2D eigenvalue weighted by molar-refractivity contribution is -0.170. The van der Waals surface area contributed by atoms with Gasteiger partial charge in [0, 0.05) is 26.4 Å². The van der Waals surface area contributed by atoms with Gasteiger partial charge < -0.3 is 56.8 Å². The zero-order valence-electron chi connectivity index (χ0n) is 30.2. The SMILES string of the molecule is c1c(COCCOC2CCCCO2)c(COCCOC2CCCCO2)cc(COCCOC2CCCCO2)c1COCCOC1CCCCO1. The van der Waals surface area contributed by atoms with Crippen LogP contribution in [0.25, 0.3) is 0 Å². The van der Waals surface area contributed by atoms with Crippen LogP contribution in [0.3, 0.4) is 0 Å². The van der Waals surface area contributed by atoms with Crippen molar-refractivity contribution in [2.24, 2.45) is 0 Å². The normalized spacial score (nSPS) is 24.8. The van der Waals surface area contributed by atoms with Crippen LogP contribution in [-0.2, 0) is 83.3 Å². The van der Waals surface area contributed by atoms with Crippen LogP contribution in [0.1, 0.15) is 99.3 Å². The number of benzene rings is 1. The molecule has 50 heavy (non-hydrogen) atoms. The van der Waals surface area contributed by atoms with Crippen LogP contribution in [0, 0.1) is 0 Å². The Morgan fingerprint density at radius 1 is 0.360 bits per heavy atom. The molecule has 286 valence electrons. The molecule has 0 bridgehead atoms. The van der Waals surface area contributed by atoms with Gasteiger partial charge in [-0.1, -0.05) is 12.1 Å². The van der Waals surface area contributed by atoms with Crippen LogP contribution in [0.2, 0.25) is 0 Å². The molecule has 0 N–H and O–H groups in total. The second-order valence-corrected chi connectivity index (χ2v) is 13.3. The van der Waals surface area contributed by atoms with E-state index in [2.05, 4.69) is 12.1 Å². The van der Waals surface area contributed by atoms with Gasteiger partial charge in [-0.15, -0.1) is 0 Å². The van der Waals surface area contributed by atoms with Crippen molar-refractivity contribution in [3.8, 4) is 0 Å². The summed E-state index contributed by atoms with van der Waals surface area (Å²) in [5.74, 6) is 0. The third-order valence-corrected chi connectivity index (χ3v) is 9.23. The highest BCUT2D eigenvalue weighted by Crippen LogP contribution is 2.23. The number of ether oxygens (including phenoxy) is 12. The first-order valence-electron chi connectivity index (χ1n) is 19.2. The molecule has 4 aliphatic heterocycles. The van der Waals surface area contributed by atoms with Crippen molar-refractivity contribution in [3.63, 3.8) is 0 Å². The van der Waals surface area contributed by atoms with Crippen molar-refractivity contribution in [2.75, 3.05) is 79.3 Å². The first kappa shape index (κ1) is 39.9. The van der Waals surface area contributed by atoms with Gasteiger partial charge in [0.05, 0.1) is 79.3 Å². The Morgan fingerprint density at radius 2 is 0.620 bits per heavy atom. The van der Waals surface area contributed by atoms with Gasteiger partial charge >= 0.3 is 0 Å². The zero-order chi connectivity index (χ0) is 34.3. The maximum Gasteiger partial charge on any atom is 0.157 e. The average molecular weight is 711 g/mol. The van der Waals surface area contributed by atoms with Crippen molar-refractivity contribution < 1.29 is 56.8 Å². The molecule has 0 radical (unpaired) electrons. The van der Waals surface area contributed by atoms with Gasteiger partial charge in [0.15, 0.2) is 25.2 Å². The lowest BCUT2D eigenvalue weighted by Gasteiger charge is -2.23. The summed E-state index contributed by atoms with van der Waals surface area (Å²) in [5, 5.41) is 0. The minimum Gasteiger partial charge on any atom is -0.374 e. The molecular weight excluding hydrogens is 648 g/mol. The second kappa shape index (κ2) is 24.9. The molecule has 4 heterocycles. The molecule has 0 aliphatic carbocycles. The maximum atomic E-state index is 6.12. The van der Waals surface area contributed by atoms with Crippen molar-refractivity contribution >= 4 is 0 Å². The van der Waals surface area contributed by atoms with Crippen LogP contribution in [0.4, 0.5) is 0 Å². The Kier molecular flexibility index (Phi) is 19.9. The minimum absolute atomic E-state index is 0.130. The Bertz CT molecular complexity index is 849. The Balaban J connectivity index is 1.15. The lowest BCUT2D eigenvalue weighted by Crippen LogP contribution is -2.24. The molecule has 5 rings (SSSR count). The van der Waals surface area contributed by atoms with Crippen molar-refractivity contribution in [1.82, 2.24) is 0 Å². The zero-order valence-corrected chi connectivity index (χ0v) is 30.2. The first-order valence-corrected chi connectivity index (χ1v) is 19.2. The molecule has 0 amide bonds. The highest BCUT2D eigenvalue weighted by Gasteiger charge is 2.18. The molecule has 1 aromatic carbocycles. The van der Waals surface area contributed by atoms with E-state index in [4.69, 9.17) is 56.8 Å². The van der Waals surface area contributed by atoms with E-state index in [0.29, 0.717) is 79.3 Å². The second-order valence-electron chi connectivity index (χ2n) is 13.3. The summed E-state index contributed by atoms with van der Waals surface area (Å²) in [5.41, 5.74) is 4.18. The molecule has 4 saturated heterocycles. The van der Waals surface area contributed by atoms with Crippen LogP contribution < -0.4 is 0 Å². The summed E-state index contributed by atoms with van der Waals surface area (Å²) in [6.07, 6.45) is 12.2. The summed E-state index contributed by atoms with van der Waals surface area (Å²) in [4.78, 5) is 0. The molecule has 0 aromatic heterocycles. The molecular formula is C38H62O12. The predicted octanol–water partition coefficient (Wildman–Crippen LogP) is 5.93. The summed E-state index contributed by atoms with van der Waals surface area (Å²) in [6, 6.07) is 4.32. The molecule has 4 unspecified atom stereocenters. The summed E-state index contributed by atoms with van der Waals surface area (Å²) in [6.45, 7) is 8.55. The summed E-state index contributed by atoms with van der Waals surface area (Å²) < 4.78 is 70.8. The van der Waals surface area contributed by atoms with E-state index in [1.54, 1.807) is 0 Å². The van der Waals surface area contributed by atoms with Crippen molar-refractivity contribution in [2.45, 2.75) is 129 Å². The molecule has 0 saturated carbocycles. The molecule has 4 atom stereocenters. The Morgan fingerprint density at radius 3 is 0.840 bits per heavy atom. The number of hydrogen-bond donors (Lipinski definition) is 0. The van der Waals surface area contributed by atoms with Crippen LogP contribution in [-0.4, -0.2) is 104 Å². The van der Waals surface area contributed by atoms with Gasteiger partial charge in [0.25, 0.3) is 0 Å². The van der Waals surface area contributed by atoms with Crippen LogP contribution in [0.5, 0.6) is 0 Å².